The van der Waals surface area contributed by atoms with Crippen LogP contribution in [-0.2, 0) is 19.0 Å². The van der Waals surface area contributed by atoms with Crippen molar-refractivity contribution >= 4 is 35.4 Å². The van der Waals surface area contributed by atoms with E-state index in [1.54, 1.807) is 20.1 Å². The van der Waals surface area contributed by atoms with Gasteiger partial charge in [0.05, 0.1) is 17.5 Å². The maximum absolute atomic E-state index is 13.8. The van der Waals surface area contributed by atoms with Crippen LogP contribution in [0.1, 0.15) is 52.4 Å². The number of carbonyl (C=O) groups excluding carboxylic acids is 2. The zero-order valence-corrected chi connectivity index (χ0v) is 23.9. The van der Waals surface area contributed by atoms with Crippen molar-refractivity contribution in [1.29, 1.82) is 0 Å². The van der Waals surface area contributed by atoms with Gasteiger partial charge in [0.1, 0.15) is 36.0 Å². The van der Waals surface area contributed by atoms with E-state index >= 15 is 0 Å². The smallest absolute Gasteiger partial charge is 0.427 e. The number of aliphatic hydroxyl groups is 4. The van der Waals surface area contributed by atoms with E-state index in [9.17, 15) is 24.9 Å². The Bertz CT molecular complexity index is 779. The number of likely N-dealkylation sites (tertiary alicyclic amines) is 1. The van der Waals surface area contributed by atoms with Crippen LogP contribution < -0.4 is 5.32 Å². The summed E-state index contributed by atoms with van der Waals surface area (Å²) in [6.45, 7) is 4.54. The van der Waals surface area contributed by atoms with Gasteiger partial charge in [0, 0.05) is 13.2 Å². The number of unbranched alkanes of at least 4 members (excludes halogenated alkanes) is 1. The molecule has 3 aliphatic heterocycles. The van der Waals surface area contributed by atoms with Crippen molar-refractivity contribution in [3.8, 4) is 0 Å². The molecule has 38 heavy (non-hydrogen) atoms. The van der Waals surface area contributed by atoms with Crippen LogP contribution in [0.3, 0.4) is 0 Å². The van der Waals surface area contributed by atoms with Crippen molar-refractivity contribution in [1.82, 2.24) is 10.2 Å². The summed E-state index contributed by atoms with van der Waals surface area (Å²) >= 11 is 7.66. The van der Waals surface area contributed by atoms with Gasteiger partial charge in [-0.2, -0.15) is 0 Å². The molecule has 0 bridgehead atoms. The van der Waals surface area contributed by atoms with Gasteiger partial charge in [0.15, 0.2) is 6.10 Å². The number of alkyl halides is 1. The molecule has 3 saturated heterocycles. The second-order valence-electron chi connectivity index (χ2n) is 10.6. The number of hydrogen-bond donors (Lipinski definition) is 5. The molecule has 220 valence electrons. The van der Waals surface area contributed by atoms with E-state index in [2.05, 4.69) is 5.32 Å². The molecule has 5 N–H and O–H groups in total. The number of nitrogens with one attached hydrogen (secondary N) is 1. The lowest BCUT2D eigenvalue weighted by Gasteiger charge is -2.44. The highest BCUT2D eigenvalue weighted by atomic mass is 35.5. The first kappa shape index (κ1) is 31.7. The van der Waals surface area contributed by atoms with Crippen LogP contribution in [0.15, 0.2) is 0 Å². The number of amides is 1. The highest BCUT2D eigenvalue weighted by Crippen LogP contribution is 2.31. The highest BCUT2D eigenvalue weighted by Gasteiger charge is 2.48. The first-order chi connectivity index (χ1) is 18.1. The van der Waals surface area contributed by atoms with E-state index < -0.39 is 65.7 Å². The van der Waals surface area contributed by atoms with E-state index in [0.717, 1.165) is 32.1 Å². The summed E-state index contributed by atoms with van der Waals surface area (Å²) in [7, 11) is 0. The number of cyclic esters (lactones) is 2. The van der Waals surface area contributed by atoms with Crippen molar-refractivity contribution in [3.63, 3.8) is 0 Å². The van der Waals surface area contributed by atoms with E-state index in [1.165, 1.54) is 11.8 Å². The van der Waals surface area contributed by atoms with Gasteiger partial charge in [0.2, 0.25) is 5.91 Å². The number of carbonyl (C=O) groups is 2. The molecule has 0 aromatic rings. The summed E-state index contributed by atoms with van der Waals surface area (Å²) in [5.41, 5.74) is -0.791. The minimum atomic E-state index is -1.45. The maximum Gasteiger partial charge on any atom is 0.509 e. The lowest BCUT2D eigenvalue weighted by atomic mass is 9.92. The Morgan fingerprint density at radius 3 is 2.50 bits per heavy atom. The standard InChI is InChI=1S/C25H43ClN2O9S/c1-13(26)18(22-20(31)19(30)21(32)24(37-22)38-3)27-23(33)16-8-7-15(6-4-5-11-29)9-10-28(16)12-17-14(2)35-25(34)36-17/h13-22,24,29-32H,4-12H2,1-3H3,(H,27,33). The lowest BCUT2D eigenvalue weighted by Crippen LogP contribution is -2.65. The topological polar surface area (TPSA) is 158 Å². The van der Waals surface area contributed by atoms with Crippen molar-refractivity contribution < 1.29 is 44.2 Å². The SMILES string of the molecule is CSC1OC(C(NC(=O)C2CCC(CCCCO)CCN2CC2OC(=O)OC2C)C(C)Cl)C(O)C(O)C1O. The predicted molar refractivity (Wildman–Crippen MR) is 142 cm³/mol. The Morgan fingerprint density at radius 1 is 1.16 bits per heavy atom. The van der Waals surface area contributed by atoms with Gasteiger partial charge in [-0.25, -0.2) is 4.79 Å². The van der Waals surface area contributed by atoms with E-state index in [1.807, 2.05) is 4.90 Å². The molecule has 0 aromatic heterocycles. The van der Waals surface area contributed by atoms with Crippen molar-refractivity contribution in [2.24, 2.45) is 5.92 Å². The van der Waals surface area contributed by atoms with E-state index in [-0.39, 0.29) is 12.5 Å². The molecule has 3 aliphatic rings. The number of ether oxygens (including phenoxy) is 3. The van der Waals surface area contributed by atoms with Crippen molar-refractivity contribution in [3.05, 3.63) is 0 Å². The Balaban J connectivity index is 1.76. The van der Waals surface area contributed by atoms with Crippen LogP contribution in [0.25, 0.3) is 0 Å². The van der Waals surface area contributed by atoms with Crippen LogP contribution in [0.4, 0.5) is 4.79 Å². The van der Waals surface area contributed by atoms with Gasteiger partial charge in [-0.3, -0.25) is 9.69 Å². The van der Waals surface area contributed by atoms with Gasteiger partial charge in [-0.05, 0) is 58.2 Å². The van der Waals surface area contributed by atoms with Crippen LogP contribution in [0.2, 0.25) is 0 Å². The van der Waals surface area contributed by atoms with Gasteiger partial charge in [-0.15, -0.1) is 23.4 Å². The molecule has 13 heteroatoms. The minimum Gasteiger partial charge on any atom is -0.427 e. The first-order valence-corrected chi connectivity index (χ1v) is 15.2. The number of thioether (sulfide) groups is 1. The molecule has 3 fully saturated rings. The second kappa shape index (κ2) is 14.7. The van der Waals surface area contributed by atoms with Crippen molar-refractivity contribution in [2.75, 3.05) is 26.0 Å². The number of nitrogens with zero attached hydrogens (tertiary/aromatic N) is 1. The quantitative estimate of drug-likeness (QED) is 0.133. The number of rotatable bonds is 11. The molecule has 0 radical (unpaired) electrons. The molecule has 11 nitrogen and oxygen atoms in total. The Labute approximate surface area is 233 Å². The molecule has 0 saturated carbocycles. The summed E-state index contributed by atoms with van der Waals surface area (Å²) < 4.78 is 16.4. The van der Waals surface area contributed by atoms with Gasteiger partial charge in [0.25, 0.3) is 0 Å². The van der Waals surface area contributed by atoms with Crippen molar-refractivity contribution in [2.45, 2.75) is 112 Å². The highest BCUT2D eigenvalue weighted by molar-refractivity contribution is 7.99. The molecule has 11 unspecified atom stereocenters. The molecule has 3 rings (SSSR count). The minimum absolute atomic E-state index is 0.158. The molecular formula is C25H43ClN2O9S. The molecule has 11 atom stereocenters. The fraction of sp³-hybridized carbons (Fsp3) is 0.920. The zero-order chi connectivity index (χ0) is 28.0. The van der Waals surface area contributed by atoms with E-state index in [0.29, 0.717) is 25.4 Å². The third-order valence-electron chi connectivity index (χ3n) is 7.90. The molecule has 0 spiro atoms. The average molecular weight is 583 g/mol. The van der Waals surface area contributed by atoms with Crippen LogP contribution >= 0.6 is 23.4 Å². The Hall–Kier alpha value is -0.860. The number of halogens is 1. The normalized spacial score (nSPS) is 38.1. The largest absolute Gasteiger partial charge is 0.509 e. The Kier molecular flexibility index (Phi) is 12.2. The summed E-state index contributed by atoms with van der Waals surface area (Å²) in [4.78, 5) is 27.4. The Morgan fingerprint density at radius 2 is 1.89 bits per heavy atom. The molecular weight excluding hydrogens is 540 g/mol. The van der Waals surface area contributed by atoms with E-state index in [4.69, 9.17) is 30.9 Å². The van der Waals surface area contributed by atoms with Crippen LogP contribution in [-0.4, -0.2) is 123 Å². The summed E-state index contributed by atoms with van der Waals surface area (Å²) in [6.07, 6.45) is -0.287. The number of hydrogen-bond acceptors (Lipinski definition) is 11. The number of aliphatic hydroxyl groups excluding tert-OH is 4. The third-order valence-corrected chi connectivity index (χ3v) is 9.03. The fourth-order valence-corrected chi connectivity index (χ4v) is 6.44. The second-order valence-corrected chi connectivity index (χ2v) is 12.2. The molecule has 0 aliphatic carbocycles. The summed E-state index contributed by atoms with van der Waals surface area (Å²) in [5, 5.41) is 42.8. The van der Waals surface area contributed by atoms with Gasteiger partial charge in [-0.1, -0.05) is 12.8 Å². The molecule has 3 heterocycles. The third kappa shape index (κ3) is 7.87. The molecule has 1 amide bonds. The predicted octanol–water partition coefficient (Wildman–Crippen LogP) is 0.826. The zero-order valence-electron chi connectivity index (χ0n) is 22.3. The monoisotopic (exact) mass is 582 g/mol. The average Bonchev–Trinajstić information content (AvgIpc) is 3.06. The van der Waals surface area contributed by atoms with Crippen LogP contribution in [0.5, 0.6) is 0 Å². The molecule has 0 aromatic carbocycles. The fourth-order valence-electron chi connectivity index (χ4n) is 5.55. The summed E-state index contributed by atoms with van der Waals surface area (Å²) in [6, 6.07) is -1.39. The summed E-state index contributed by atoms with van der Waals surface area (Å²) in [5.74, 6) is 0.0976. The van der Waals surface area contributed by atoms with Crippen LogP contribution in [0, 0.1) is 5.92 Å². The lowest BCUT2D eigenvalue weighted by molar-refractivity contribution is -0.205. The van der Waals surface area contributed by atoms with Gasteiger partial charge >= 0.3 is 6.16 Å². The first-order valence-electron chi connectivity index (χ1n) is 13.5. The van der Waals surface area contributed by atoms with Gasteiger partial charge < -0.3 is 40.0 Å². The maximum atomic E-state index is 13.8.